The van der Waals surface area contributed by atoms with E-state index in [4.69, 9.17) is 0 Å². The lowest BCUT2D eigenvalue weighted by Gasteiger charge is -2.34. The topological polar surface area (TPSA) is 48.5 Å². The molecule has 0 unspecified atom stereocenters. The van der Waals surface area contributed by atoms with E-state index in [1.54, 1.807) is 6.20 Å². The first-order valence-corrected chi connectivity index (χ1v) is 7.79. The van der Waals surface area contributed by atoms with Gasteiger partial charge in [0.25, 0.3) is 5.91 Å². The van der Waals surface area contributed by atoms with Crippen LogP contribution in [0.5, 0.6) is 0 Å². The normalized spacial score (nSPS) is 18.9. The monoisotopic (exact) mass is 290 g/mol. The first-order valence-electron chi connectivity index (χ1n) is 7.79. The van der Waals surface area contributed by atoms with Crippen LogP contribution in [0, 0.1) is 0 Å². The molecule has 0 radical (unpaired) electrons. The third-order valence-corrected chi connectivity index (χ3v) is 4.02. The Labute approximate surface area is 127 Å². The summed E-state index contributed by atoms with van der Waals surface area (Å²) >= 11 is 0. The Balaban J connectivity index is 2.12. The number of aromatic nitrogens is 1. The fraction of sp³-hybridized carbons (Fsp3) is 0.625. The van der Waals surface area contributed by atoms with Gasteiger partial charge in [0.05, 0.1) is 5.56 Å². The summed E-state index contributed by atoms with van der Waals surface area (Å²) < 4.78 is 0. The molecule has 5 heteroatoms. The van der Waals surface area contributed by atoms with Gasteiger partial charge in [0.1, 0.15) is 5.82 Å². The van der Waals surface area contributed by atoms with Gasteiger partial charge in [-0.2, -0.15) is 0 Å². The minimum atomic E-state index is 0.0793. The molecule has 116 valence electrons. The number of nitrogens with zero attached hydrogens (tertiary/aromatic N) is 3. The molecule has 1 atom stereocenters. The van der Waals surface area contributed by atoms with Gasteiger partial charge in [0.15, 0.2) is 0 Å². The third kappa shape index (κ3) is 3.53. The number of nitrogens with one attached hydrogen (secondary N) is 1. The molecule has 2 heterocycles. The van der Waals surface area contributed by atoms with Gasteiger partial charge in [0.2, 0.25) is 0 Å². The summed E-state index contributed by atoms with van der Waals surface area (Å²) in [6.45, 7) is 11.9. The molecule has 0 aliphatic carbocycles. The number of carbonyl (C=O) groups excluding carboxylic acids is 1. The SMILES string of the molecule is CCN(c1ccc(C(=O)N2CCNC[C@@H]2C)cn1)C(C)C. The maximum absolute atomic E-state index is 12.5. The van der Waals surface area contributed by atoms with E-state index in [9.17, 15) is 4.79 Å². The van der Waals surface area contributed by atoms with Gasteiger partial charge < -0.3 is 15.1 Å². The predicted octanol–water partition coefficient (Wildman–Crippen LogP) is 1.75. The summed E-state index contributed by atoms with van der Waals surface area (Å²) in [5, 5.41) is 3.30. The van der Waals surface area contributed by atoms with E-state index in [1.165, 1.54) is 0 Å². The highest BCUT2D eigenvalue weighted by atomic mass is 16.2. The fourth-order valence-corrected chi connectivity index (χ4v) is 2.78. The van der Waals surface area contributed by atoms with E-state index in [0.717, 1.165) is 32.0 Å². The zero-order valence-electron chi connectivity index (χ0n) is 13.5. The Bertz CT molecular complexity index is 472. The summed E-state index contributed by atoms with van der Waals surface area (Å²) in [7, 11) is 0. The van der Waals surface area contributed by atoms with E-state index < -0.39 is 0 Å². The number of rotatable bonds is 4. The molecule has 0 bridgehead atoms. The number of carbonyl (C=O) groups is 1. The quantitative estimate of drug-likeness (QED) is 0.918. The molecule has 1 saturated heterocycles. The van der Waals surface area contributed by atoms with Gasteiger partial charge in [0, 0.05) is 44.5 Å². The van der Waals surface area contributed by atoms with E-state index in [0.29, 0.717) is 11.6 Å². The molecule has 2 rings (SSSR count). The zero-order chi connectivity index (χ0) is 15.4. The molecular weight excluding hydrogens is 264 g/mol. The Kier molecular flexibility index (Phi) is 5.17. The van der Waals surface area contributed by atoms with Gasteiger partial charge in [-0.25, -0.2) is 4.98 Å². The van der Waals surface area contributed by atoms with Gasteiger partial charge in [-0.1, -0.05) is 0 Å². The van der Waals surface area contributed by atoms with Crippen molar-refractivity contribution in [3.63, 3.8) is 0 Å². The highest BCUT2D eigenvalue weighted by Gasteiger charge is 2.24. The molecule has 1 N–H and O–H groups in total. The zero-order valence-corrected chi connectivity index (χ0v) is 13.5. The van der Waals surface area contributed by atoms with Crippen LogP contribution in [0.2, 0.25) is 0 Å². The number of amides is 1. The first kappa shape index (κ1) is 15.8. The molecule has 1 aromatic rings. The van der Waals surface area contributed by atoms with Crippen LogP contribution in [0.3, 0.4) is 0 Å². The van der Waals surface area contributed by atoms with Crippen LogP contribution in [0.1, 0.15) is 38.1 Å². The Morgan fingerprint density at radius 1 is 1.52 bits per heavy atom. The molecule has 21 heavy (non-hydrogen) atoms. The summed E-state index contributed by atoms with van der Waals surface area (Å²) in [5.41, 5.74) is 0.673. The van der Waals surface area contributed by atoms with Crippen LogP contribution in [-0.4, -0.2) is 54.1 Å². The molecule has 0 aromatic carbocycles. The van der Waals surface area contributed by atoms with E-state index in [1.807, 2.05) is 17.0 Å². The minimum Gasteiger partial charge on any atom is -0.354 e. The maximum Gasteiger partial charge on any atom is 0.255 e. The molecule has 0 spiro atoms. The lowest BCUT2D eigenvalue weighted by molar-refractivity contribution is 0.0655. The number of pyridine rings is 1. The van der Waals surface area contributed by atoms with Crippen molar-refractivity contribution >= 4 is 11.7 Å². The molecule has 1 amide bonds. The van der Waals surface area contributed by atoms with Crippen LogP contribution in [0.4, 0.5) is 5.82 Å². The minimum absolute atomic E-state index is 0.0793. The second kappa shape index (κ2) is 6.89. The van der Waals surface area contributed by atoms with Crippen molar-refractivity contribution < 1.29 is 4.79 Å². The van der Waals surface area contributed by atoms with Gasteiger partial charge in [-0.15, -0.1) is 0 Å². The smallest absolute Gasteiger partial charge is 0.255 e. The Morgan fingerprint density at radius 2 is 2.29 bits per heavy atom. The molecule has 1 fully saturated rings. The number of piperazine rings is 1. The van der Waals surface area contributed by atoms with Crippen LogP contribution < -0.4 is 10.2 Å². The Hall–Kier alpha value is -1.62. The van der Waals surface area contributed by atoms with Crippen molar-refractivity contribution in [2.24, 2.45) is 0 Å². The van der Waals surface area contributed by atoms with Gasteiger partial charge in [-0.3, -0.25) is 4.79 Å². The highest BCUT2D eigenvalue weighted by Crippen LogP contribution is 2.16. The lowest BCUT2D eigenvalue weighted by Crippen LogP contribution is -2.52. The second-order valence-corrected chi connectivity index (χ2v) is 5.84. The highest BCUT2D eigenvalue weighted by molar-refractivity contribution is 5.94. The largest absolute Gasteiger partial charge is 0.354 e. The van der Waals surface area contributed by atoms with Crippen molar-refractivity contribution in [3.05, 3.63) is 23.9 Å². The van der Waals surface area contributed by atoms with Crippen molar-refractivity contribution in [2.45, 2.75) is 39.8 Å². The van der Waals surface area contributed by atoms with E-state index in [-0.39, 0.29) is 11.9 Å². The average molecular weight is 290 g/mol. The maximum atomic E-state index is 12.5. The molecule has 1 aromatic heterocycles. The van der Waals surface area contributed by atoms with Crippen LogP contribution in [0.15, 0.2) is 18.3 Å². The summed E-state index contributed by atoms with van der Waals surface area (Å²) in [5.74, 6) is 1.01. The van der Waals surface area contributed by atoms with E-state index in [2.05, 4.69) is 42.9 Å². The van der Waals surface area contributed by atoms with Gasteiger partial charge in [-0.05, 0) is 39.8 Å². The molecule has 1 aliphatic rings. The molecule has 5 nitrogen and oxygen atoms in total. The molecule has 1 aliphatic heterocycles. The average Bonchev–Trinajstić information content (AvgIpc) is 2.48. The summed E-state index contributed by atoms with van der Waals surface area (Å²) in [6, 6.07) is 4.47. The van der Waals surface area contributed by atoms with Crippen LogP contribution in [0.25, 0.3) is 0 Å². The number of hydrogen-bond acceptors (Lipinski definition) is 4. The summed E-state index contributed by atoms with van der Waals surface area (Å²) in [4.78, 5) is 21.1. The van der Waals surface area contributed by atoms with Crippen molar-refractivity contribution in [1.82, 2.24) is 15.2 Å². The lowest BCUT2D eigenvalue weighted by atomic mass is 10.1. The Morgan fingerprint density at radius 3 is 2.81 bits per heavy atom. The van der Waals surface area contributed by atoms with Crippen molar-refractivity contribution in [3.8, 4) is 0 Å². The van der Waals surface area contributed by atoms with Crippen LogP contribution >= 0.6 is 0 Å². The fourth-order valence-electron chi connectivity index (χ4n) is 2.78. The van der Waals surface area contributed by atoms with Gasteiger partial charge >= 0.3 is 0 Å². The number of anilines is 1. The van der Waals surface area contributed by atoms with E-state index >= 15 is 0 Å². The predicted molar refractivity (Wildman–Crippen MR) is 85.8 cm³/mol. The standard InChI is InChI=1S/C16H26N4O/c1-5-19(12(2)3)15-7-6-14(11-18-15)16(21)20-9-8-17-10-13(20)4/h6-7,11-13,17H,5,8-10H2,1-4H3/t13-/m0/s1. The second-order valence-electron chi connectivity index (χ2n) is 5.84. The summed E-state index contributed by atoms with van der Waals surface area (Å²) in [6.07, 6.45) is 1.71. The molecule has 0 saturated carbocycles. The van der Waals surface area contributed by atoms with Crippen molar-refractivity contribution in [1.29, 1.82) is 0 Å². The van der Waals surface area contributed by atoms with Crippen LogP contribution in [-0.2, 0) is 0 Å². The number of hydrogen-bond donors (Lipinski definition) is 1. The molecular formula is C16H26N4O. The van der Waals surface area contributed by atoms with Crippen molar-refractivity contribution in [2.75, 3.05) is 31.1 Å². The third-order valence-electron chi connectivity index (χ3n) is 4.02. The first-order chi connectivity index (χ1) is 10.0.